The van der Waals surface area contributed by atoms with Crippen LogP contribution in [-0.4, -0.2) is 28.7 Å². The van der Waals surface area contributed by atoms with E-state index in [1.165, 1.54) is 0 Å². The molecule has 1 aromatic rings. The van der Waals surface area contributed by atoms with Crippen molar-refractivity contribution in [2.24, 2.45) is 0 Å². The predicted molar refractivity (Wildman–Crippen MR) is 71.6 cm³/mol. The van der Waals surface area contributed by atoms with E-state index in [0.29, 0.717) is 12.4 Å². The normalized spacial score (nSPS) is 14.6. The number of hydrogen-bond donors (Lipinski definition) is 2. The molecule has 1 aliphatic heterocycles. The summed E-state index contributed by atoms with van der Waals surface area (Å²) in [4.78, 5) is 13.7. The molecular formula is C14H19N3O. The molecule has 0 fully saturated rings. The van der Waals surface area contributed by atoms with Crippen molar-refractivity contribution < 1.29 is 4.79 Å². The van der Waals surface area contributed by atoms with Crippen molar-refractivity contribution >= 4 is 11.7 Å². The molecule has 1 heterocycles. The van der Waals surface area contributed by atoms with Crippen LogP contribution >= 0.6 is 0 Å². The summed E-state index contributed by atoms with van der Waals surface area (Å²) >= 11 is 0. The van der Waals surface area contributed by atoms with Crippen molar-refractivity contribution in [3.63, 3.8) is 0 Å². The quantitative estimate of drug-likeness (QED) is 0.834. The van der Waals surface area contributed by atoms with Gasteiger partial charge >= 0.3 is 0 Å². The first kappa shape index (κ1) is 12.6. The van der Waals surface area contributed by atoms with Crippen molar-refractivity contribution in [3.8, 4) is 0 Å². The van der Waals surface area contributed by atoms with E-state index in [1.807, 2.05) is 45.0 Å². The lowest BCUT2D eigenvalue weighted by Gasteiger charge is -2.23. The van der Waals surface area contributed by atoms with Crippen LogP contribution in [0.1, 0.15) is 31.9 Å². The molecule has 0 unspecified atom stereocenters. The summed E-state index contributed by atoms with van der Waals surface area (Å²) < 4.78 is 0. The molecule has 0 bridgehead atoms. The van der Waals surface area contributed by atoms with Crippen molar-refractivity contribution in [1.29, 1.82) is 5.41 Å². The molecule has 0 aliphatic carbocycles. The lowest BCUT2D eigenvalue weighted by atomic mass is 10.1. The Kier molecular flexibility index (Phi) is 3.11. The van der Waals surface area contributed by atoms with Gasteiger partial charge in [-0.15, -0.1) is 0 Å². The maximum absolute atomic E-state index is 11.9. The van der Waals surface area contributed by atoms with Gasteiger partial charge in [0.2, 0.25) is 5.91 Å². The summed E-state index contributed by atoms with van der Waals surface area (Å²) in [5.74, 6) is 0.398. The number of nitrogens with zero attached hydrogens (tertiary/aromatic N) is 1. The first-order chi connectivity index (χ1) is 8.37. The average molecular weight is 245 g/mol. The fraction of sp³-hybridized carbons (Fsp3) is 0.429. The van der Waals surface area contributed by atoms with Crippen molar-refractivity contribution in [2.75, 3.05) is 6.54 Å². The van der Waals surface area contributed by atoms with Gasteiger partial charge in [0.25, 0.3) is 0 Å². The largest absolute Gasteiger partial charge is 0.350 e. The van der Waals surface area contributed by atoms with E-state index >= 15 is 0 Å². The summed E-state index contributed by atoms with van der Waals surface area (Å²) in [5, 5.41) is 11.0. The highest BCUT2D eigenvalue weighted by Crippen LogP contribution is 2.21. The summed E-state index contributed by atoms with van der Waals surface area (Å²) in [5.41, 5.74) is 1.82. The molecule has 2 rings (SSSR count). The first-order valence-electron chi connectivity index (χ1n) is 6.09. The van der Waals surface area contributed by atoms with Crippen LogP contribution in [0.5, 0.6) is 0 Å². The maximum Gasteiger partial charge on any atom is 0.239 e. The molecule has 0 spiro atoms. The number of rotatable bonds is 2. The number of carbonyl (C=O) groups excluding carboxylic acids is 1. The number of benzene rings is 1. The molecule has 4 heteroatoms. The molecule has 0 atom stereocenters. The Morgan fingerprint density at radius 3 is 2.67 bits per heavy atom. The van der Waals surface area contributed by atoms with Crippen LogP contribution in [-0.2, 0) is 11.3 Å². The summed E-state index contributed by atoms with van der Waals surface area (Å²) in [6.45, 7) is 6.75. The highest BCUT2D eigenvalue weighted by Gasteiger charge is 2.26. The summed E-state index contributed by atoms with van der Waals surface area (Å²) in [6, 6.07) is 7.82. The molecule has 4 nitrogen and oxygen atoms in total. The fourth-order valence-corrected chi connectivity index (χ4v) is 2.11. The number of amides is 1. The Hall–Kier alpha value is -1.84. The van der Waals surface area contributed by atoms with Crippen LogP contribution < -0.4 is 5.32 Å². The second-order valence-electron chi connectivity index (χ2n) is 5.66. The minimum atomic E-state index is -0.230. The second-order valence-corrected chi connectivity index (χ2v) is 5.66. The Bertz CT molecular complexity index is 488. The minimum absolute atomic E-state index is 0.0416. The number of nitrogens with one attached hydrogen (secondary N) is 2. The molecule has 1 aromatic carbocycles. The van der Waals surface area contributed by atoms with E-state index in [1.54, 1.807) is 4.90 Å². The van der Waals surface area contributed by atoms with Gasteiger partial charge in [-0.25, -0.2) is 0 Å². The van der Waals surface area contributed by atoms with Gasteiger partial charge in [0.1, 0.15) is 5.84 Å². The Labute approximate surface area is 108 Å². The standard InChI is InChI=1S/C14H19N3O/c1-14(2,3)16-12(18)9-17-8-10-6-4-5-7-11(10)13(17)15/h4-7,15H,8-9H2,1-3H3,(H,16,18). The summed E-state index contributed by atoms with van der Waals surface area (Å²) in [7, 11) is 0. The third-order valence-corrected chi connectivity index (χ3v) is 2.80. The molecule has 0 aromatic heterocycles. The number of hydrogen-bond acceptors (Lipinski definition) is 2. The molecule has 96 valence electrons. The van der Waals surface area contributed by atoms with Crippen LogP contribution in [0, 0.1) is 5.41 Å². The van der Waals surface area contributed by atoms with E-state index in [2.05, 4.69) is 5.32 Å². The van der Waals surface area contributed by atoms with Crippen LogP contribution in [0.4, 0.5) is 0 Å². The third kappa shape index (κ3) is 2.70. The lowest BCUT2D eigenvalue weighted by molar-refractivity contribution is -0.122. The van der Waals surface area contributed by atoms with E-state index in [9.17, 15) is 4.79 Å². The fourth-order valence-electron chi connectivity index (χ4n) is 2.11. The van der Waals surface area contributed by atoms with Crippen molar-refractivity contribution in [2.45, 2.75) is 32.9 Å². The molecule has 0 radical (unpaired) electrons. The minimum Gasteiger partial charge on any atom is -0.350 e. The zero-order valence-electron chi connectivity index (χ0n) is 11.1. The van der Waals surface area contributed by atoms with E-state index < -0.39 is 0 Å². The second kappa shape index (κ2) is 4.44. The van der Waals surface area contributed by atoms with Gasteiger partial charge < -0.3 is 10.2 Å². The van der Waals surface area contributed by atoms with Gasteiger partial charge in [-0.05, 0) is 26.3 Å². The highest BCUT2D eigenvalue weighted by atomic mass is 16.2. The van der Waals surface area contributed by atoms with Crippen molar-refractivity contribution in [1.82, 2.24) is 10.2 Å². The van der Waals surface area contributed by atoms with Crippen LogP contribution in [0.2, 0.25) is 0 Å². The Morgan fingerprint density at radius 2 is 2.06 bits per heavy atom. The molecule has 1 amide bonds. The van der Waals surface area contributed by atoms with Gasteiger partial charge in [-0.1, -0.05) is 24.3 Å². The third-order valence-electron chi connectivity index (χ3n) is 2.80. The van der Waals surface area contributed by atoms with Crippen LogP contribution in [0.25, 0.3) is 0 Å². The molecule has 18 heavy (non-hydrogen) atoms. The molecule has 1 aliphatic rings. The van der Waals surface area contributed by atoms with Gasteiger partial charge in [-0.2, -0.15) is 0 Å². The smallest absolute Gasteiger partial charge is 0.239 e. The van der Waals surface area contributed by atoms with Gasteiger partial charge in [0.15, 0.2) is 0 Å². The van der Waals surface area contributed by atoms with Gasteiger partial charge in [0, 0.05) is 17.6 Å². The van der Waals surface area contributed by atoms with Gasteiger partial charge in [0.05, 0.1) is 6.54 Å². The Balaban J connectivity index is 2.02. The highest BCUT2D eigenvalue weighted by molar-refractivity contribution is 6.01. The Morgan fingerprint density at radius 1 is 1.39 bits per heavy atom. The average Bonchev–Trinajstić information content (AvgIpc) is 2.54. The molecule has 0 saturated carbocycles. The SMILES string of the molecule is CC(C)(C)NC(=O)CN1Cc2ccccc2C1=N. The van der Waals surface area contributed by atoms with E-state index in [0.717, 1.165) is 11.1 Å². The van der Waals surface area contributed by atoms with E-state index in [-0.39, 0.29) is 18.0 Å². The van der Waals surface area contributed by atoms with Gasteiger partial charge in [-0.3, -0.25) is 10.2 Å². The number of carbonyl (C=O) groups is 1. The number of amidine groups is 1. The zero-order valence-corrected chi connectivity index (χ0v) is 11.1. The predicted octanol–water partition coefficient (Wildman–Crippen LogP) is 1.74. The zero-order chi connectivity index (χ0) is 13.3. The summed E-state index contributed by atoms with van der Waals surface area (Å²) in [6.07, 6.45) is 0. The lowest BCUT2D eigenvalue weighted by Crippen LogP contribution is -2.46. The molecular weight excluding hydrogens is 226 g/mol. The number of fused-ring (bicyclic) bond motifs is 1. The van der Waals surface area contributed by atoms with Crippen LogP contribution in [0.3, 0.4) is 0 Å². The topological polar surface area (TPSA) is 56.2 Å². The molecule has 0 saturated heterocycles. The maximum atomic E-state index is 11.9. The van der Waals surface area contributed by atoms with Crippen LogP contribution in [0.15, 0.2) is 24.3 Å². The monoisotopic (exact) mass is 245 g/mol. The first-order valence-corrected chi connectivity index (χ1v) is 6.09. The van der Waals surface area contributed by atoms with Crippen molar-refractivity contribution in [3.05, 3.63) is 35.4 Å². The van der Waals surface area contributed by atoms with E-state index in [4.69, 9.17) is 5.41 Å². The molecule has 2 N–H and O–H groups in total.